The van der Waals surface area contributed by atoms with Crippen LogP contribution in [0.1, 0.15) is 36.3 Å². The standard InChI is InChI=1S/C20H21N5O2/c1-13-21-16-15(18(26)22-13)8-10-20(16)9-5-11-25(12-20)19-23-17(24-27-19)14-6-3-2-4-7-14/h2-4,6-7H,5,8-12H2,1H3,(H,21,22,26). The van der Waals surface area contributed by atoms with E-state index in [0.29, 0.717) is 17.7 Å². The van der Waals surface area contributed by atoms with Crippen molar-refractivity contribution in [3.8, 4) is 11.4 Å². The molecule has 0 bridgehead atoms. The quantitative estimate of drug-likeness (QED) is 0.753. The third-order valence-corrected chi connectivity index (χ3v) is 5.78. The molecule has 5 rings (SSSR count). The van der Waals surface area contributed by atoms with Gasteiger partial charge >= 0.3 is 6.01 Å². The van der Waals surface area contributed by atoms with Gasteiger partial charge in [0.2, 0.25) is 5.82 Å². The lowest BCUT2D eigenvalue weighted by Crippen LogP contribution is -2.46. The second-order valence-electron chi connectivity index (χ2n) is 7.55. The van der Waals surface area contributed by atoms with Crippen molar-refractivity contribution in [1.82, 2.24) is 20.1 Å². The molecule has 0 amide bonds. The van der Waals surface area contributed by atoms with Crippen molar-refractivity contribution in [2.24, 2.45) is 0 Å². The van der Waals surface area contributed by atoms with Crippen LogP contribution < -0.4 is 10.5 Å². The summed E-state index contributed by atoms with van der Waals surface area (Å²) in [5.41, 5.74) is 2.66. The Hall–Kier alpha value is -2.96. The first kappa shape index (κ1) is 16.2. The van der Waals surface area contributed by atoms with Crippen molar-refractivity contribution in [2.45, 2.75) is 38.0 Å². The fourth-order valence-electron chi connectivity index (χ4n) is 4.50. The van der Waals surface area contributed by atoms with Gasteiger partial charge in [-0.05, 0) is 32.6 Å². The van der Waals surface area contributed by atoms with E-state index in [9.17, 15) is 4.79 Å². The van der Waals surface area contributed by atoms with E-state index in [1.54, 1.807) is 0 Å². The number of hydrogen-bond acceptors (Lipinski definition) is 6. The van der Waals surface area contributed by atoms with Gasteiger partial charge in [-0.15, -0.1) is 0 Å². The van der Waals surface area contributed by atoms with E-state index in [2.05, 4.69) is 20.0 Å². The average molecular weight is 363 g/mol. The van der Waals surface area contributed by atoms with Crippen molar-refractivity contribution < 1.29 is 4.52 Å². The summed E-state index contributed by atoms with van der Waals surface area (Å²) in [6, 6.07) is 10.4. The first-order chi connectivity index (χ1) is 13.1. The second-order valence-corrected chi connectivity index (χ2v) is 7.55. The minimum absolute atomic E-state index is 0.00986. The molecule has 3 heterocycles. The van der Waals surface area contributed by atoms with Crippen LogP contribution in [0.4, 0.5) is 6.01 Å². The number of rotatable bonds is 2. The number of aromatic nitrogens is 4. The van der Waals surface area contributed by atoms with E-state index >= 15 is 0 Å². The van der Waals surface area contributed by atoms with Crippen molar-refractivity contribution in [2.75, 3.05) is 18.0 Å². The van der Waals surface area contributed by atoms with Gasteiger partial charge in [-0.3, -0.25) is 4.79 Å². The molecule has 1 fully saturated rings. The molecule has 1 spiro atoms. The van der Waals surface area contributed by atoms with Crippen LogP contribution in [0.15, 0.2) is 39.6 Å². The number of aromatic amines is 1. The second kappa shape index (κ2) is 6.04. The van der Waals surface area contributed by atoms with Crippen LogP contribution in [-0.4, -0.2) is 33.2 Å². The number of anilines is 1. The lowest BCUT2D eigenvalue weighted by molar-refractivity contribution is 0.312. The molecule has 1 unspecified atom stereocenters. The summed E-state index contributed by atoms with van der Waals surface area (Å²) in [7, 11) is 0. The largest absolute Gasteiger partial charge is 0.324 e. The summed E-state index contributed by atoms with van der Waals surface area (Å²) in [5.74, 6) is 1.28. The Kier molecular flexibility index (Phi) is 3.63. The molecule has 7 heteroatoms. The zero-order valence-electron chi connectivity index (χ0n) is 15.2. The molecule has 2 aromatic heterocycles. The van der Waals surface area contributed by atoms with E-state index in [1.807, 2.05) is 37.3 Å². The molecule has 2 aliphatic rings. The number of fused-ring (bicyclic) bond motifs is 2. The number of aryl methyl sites for hydroxylation is 1. The Morgan fingerprint density at radius 1 is 1.19 bits per heavy atom. The van der Waals surface area contributed by atoms with Crippen molar-refractivity contribution in [3.05, 3.63) is 57.8 Å². The smallest absolute Gasteiger partial charge is 0.323 e. The molecule has 1 saturated heterocycles. The number of nitrogens with zero attached hydrogens (tertiary/aromatic N) is 4. The molecule has 1 N–H and O–H groups in total. The summed E-state index contributed by atoms with van der Waals surface area (Å²) in [6.45, 7) is 3.47. The lowest BCUT2D eigenvalue weighted by Gasteiger charge is -2.39. The van der Waals surface area contributed by atoms with E-state index in [-0.39, 0.29) is 11.0 Å². The molecule has 0 radical (unpaired) electrons. The molecule has 1 aromatic carbocycles. The van der Waals surface area contributed by atoms with Gasteiger partial charge in [-0.25, -0.2) is 4.98 Å². The lowest BCUT2D eigenvalue weighted by atomic mass is 9.77. The van der Waals surface area contributed by atoms with Crippen LogP contribution in [0.2, 0.25) is 0 Å². The fourth-order valence-corrected chi connectivity index (χ4v) is 4.50. The molecular formula is C20H21N5O2. The van der Waals surface area contributed by atoms with Crippen LogP contribution in [-0.2, 0) is 11.8 Å². The van der Waals surface area contributed by atoms with E-state index in [0.717, 1.165) is 55.6 Å². The molecule has 138 valence electrons. The molecule has 1 aliphatic carbocycles. The fraction of sp³-hybridized carbons (Fsp3) is 0.400. The maximum absolute atomic E-state index is 12.3. The van der Waals surface area contributed by atoms with Crippen LogP contribution in [0, 0.1) is 6.92 Å². The van der Waals surface area contributed by atoms with Crippen molar-refractivity contribution in [3.63, 3.8) is 0 Å². The molecular weight excluding hydrogens is 342 g/mol. The molecule has 7 nitrogen and oxygen atoms in total. The highest BCUT2D eigenvalue weighted by atomic mass is 16.5. The number of hydrogen-bond donors (Lipinski definition) is 1. The first-order valence-corrected chi connectivity index (χ1v) is 9.39. The van der Waals surface area contributed by atoms with Gasteiger partial charge in [0, 0.05) is 29.6 Å². The van der Waals surface area contributed by atoms with E-state index in [4.69, 9.17) is 9.51 Å². The van der Waals surface area contributed by atoms with Gasteiger partial charge in [-0.2, -0.15) is 4.98 Å². The number of nitrogens with one attached hydrogen (secondary N) is 1. The summed E-state index contributed by atoms with van der Waals surface area (Å²) in [4.78, 5) is 26.6. The van der Waals surface area contributed by atoms with Crippen LogP contribution in [0.5, 0.6) is 0 Å². The predicted octanol–water partition coefficient (Wildman–Crippen LogP) is 2.61. The summed E-state index contributed by atoms with van der Waals surface area (Å²) >= 11 is 0. The zero-order chi connectivity index (χ0) is 18.4. The zero-order valence-corrected chi connectivity index (χ0v) is 15.2. The van der Waals surface area contributed by atoms with Gasteiger partial charge in [0.1, 0.15) is 5.82 Å². The van der Waals surface area contributed by atoms with Crippen LogP contribution >= 0.6 is 0 Å². The highest BCUT2D eigenvalue weighted by Gasteiger charge is 2.45. The Bertz CT molecular complexity index is 1040. The van der Waals surface area contributed by atoms with Gasteiger partial charge < -0.3 is 14.4 Å². The summed E-state index contributed by atoms with van der Waals surface area (Å²) in [5, 5.41) is 4.15. The van der Waals surface area contributed by atoms with Crippen molar-refractivity contribution >= 4 is 6.01 Å². The maximum atomic E-state index is 12.3. The highest BCUT2D eigenvalue weighted by Crippen LogP contribution is 2.43. The Labute approximate surface area is 156 Å². The third-order valence-electron chi connectivity index (χ3n) is 5.78. The Morgan fingerprint density at radius 2 is 2.04 bits per heavy atom. The van der Waals surface area contributed by atoms with Crippen LogP contribution in [0.25, 0.3) is 11.4 Å². The number of H-pyrrole nitrogens is 1. The highest BCUT2D eigenvalue weighted by molar-refractivity contribution is 5.55. The van der Waals surface area contributed by atoms with Gasteiger partial charge in [-0.1, -0.05) is 35.5 Å². The predicted molar refractivity (Wildman–Crippen MR) is 101 cm³/mol. The normalized spacial score (nSPS) is 21.6. The first-order valence-electron chi connectivity index (χ1n) is 9.39. The Balaban J connectivity index is 1.47. The van der Waals surface area contributed by atoms with E-state index < -0.39 is 0 Å². The Morgan fingerprint density at radius 3 is 2.89 bits per heavy atom. The molecule has 1 aliphatic heterocycles. The molecule has 27 heavy (non-hydrogen) atoms. The van der Waals surface area contributed by atoms with Crippen LogP contribution in [0.3, 0.4) is 0 Å². The molecule has 0 saturated carbocycles. The van der Waals surface area contributed by atoms with Gasteiger partial charge in [0.05, 0.1) is 5.69 Å². The number of benzene rings is 1. The average Bonchev–Trinajstić information content (AvgIpc) is 3.30. The summed E-state index contributed by atoms with van der Waals surface area (Å²) < 4.78 is 5.57. The van der Waals surface area contributed by atoms with Crippen molar-refractivity contribution in [1.29, 1.82) is 0 Å². The topological polar surface area (TPSA) is 87.9 Å². The maximum Gasteiger partial charge on any atom is 0.324 e. The monoisotopic (exact) mass is 363 g/mol. The van der Waals surface area contributed by atoms with Gasteiger partial charge in [0.15, 0.2) is 0 Å². The summed E-state index contributed by atoms with van der Waals surface area (Å²) in [6.07, 6.45) is 3.77. The SMILES string of the molecule is Cc1nc2c(c(=O)[nH]1)CCC21CCCN(c2nc(-c3ccccc3)no2)C1. The minimum atomic E-state index is -0.103. The number of piperidine rings is 1. The minimum Gasteiger partial charge on any atom is -0.323 e. The molecule has 3 aromatic rings. The third kappa shape index (κ3) is 2.65. The van der Waals surface area contributed by atoms with E-state index in [1.165, 1.54) is 0 Å². The van der Waals surface area contributed by atoms with Gasteiger partial charge in [0.25, 0.3) is 5.56 Å². The molecule has 1 atom stereocenters.